The van der Waals surface area contributed by atoms with Crippen LogP contribution in [-0.2, 0) is 0 Å². The molecule has 0 radical (unpaired) electrons. The van der Waals surface area contributed by atoms with Gasteiger partial charge in [-0.05, 0) is 31.4 Å². The Bertz CT molecular complexity index is 610. The van der Waals surface area contributed by atoms with Crippen LogP contribution in [0.4, 0.5) is 5.69 Å². The summed E-state index contributed by atoms with van der Waals surface area (Å²) in [6.07, 6.45) is 3.93. The smallest absolute Gasteiger partial charge is 0.129 e. The molecule has 1 saturated heterocycles. The summed E-state index contributed by atoms with van der Waals surface area (Å²) < 4.78 is 8.63. The van der Waals surface area contributed by atoms with Gasteiger partial charge < -0.3 is 5.32 Å². The second-order valence-electron chi connectivity index (χ2n) is 5.41. The van der Waals surface area contributed by atoms with E-state index in [2.05, 4.69) is 19.0 Å². The van der Waals surface area contributed by atoms with Crippen molar-refractivity contribution in [2.75, 3.05) is 18.4 Å². The van der Waals surface area contributed by atoms with Crippen molar-refractivity contribution >= 4 is 40.0 Å². The van der Waals surface area contributed by atoms with Gasteiger partial charge in [-0.3, -0.25) is 4.90 Å². The van der Waals surface area contributed by atoms with Crippen molar-refractivity contribution in [3.05, 3.63) is 17.2 Å². The first-order valence-electron chi connectivity index (χ1n) is 6.72. The maximum absolute atomic E-state index is 6.31. The van der Waals surface area contributed by atoms with E-state index < -0.39 is 0 Å². The Morgan fingerprint density at radius 1 is 1.26 bits per heavy atom. The molecule has 1 aliphatic carbocycles. The quantitative estimate of drug-likeness (QED) is 0.945. The number of anilines is 1. The monoisotopic (exact) mass is 294 g/mol. The molecule has 1 aromatic carbocycles. The van der Waals surface area contributed by atoms with Crippen LogP contribution in [-0.4, -0.2) is 38.8 Å². The van der Waals surface area contributed by atoms with Gasteiger partial charge in [-0.1, -0.05) is 11.6 Å². The summed E-state index contributed by atoms with van der Waals surface area (Å²) in [7, 11) is 0. The molecule has 0 spiro atoms. The predicted octanol–water partition coefficient (Wildman–Crippen LogP) is 2.99. The average Bonchev–Trinajstić information content (AvgIpc) is 2.98. The van der Waals surface area contributed by atoms with E-state index in [1.165, 1.54) is 37.5 Å². The summed E-state index contributed by atoms with van der Waals surface area (Å²) in [5, 5.41) is 4.32. The summed E-state index contributed by atoms with van der Waals surface area (Å²) >= 11 is 7.55. The summed E-state index contributed by atoms with van der Waals surface area (Å²) in [6, 6.07) is 5.16. The van der Waals surface area contributed by atoms with Gasteiger partial charge in [0.25, 0.3) is 0 Å². The van der Waals surface area contributed by atoms with Gasteiger partial charge in [0.1, 0.15) is 11.0 Å². The van der Waals surface area contributed by atoms with E-state index in [0.29, 0.717) is 6.04 Å². The standard InChI is InChI=1S/C13H15ClN4S/c14-10-3-4-11-13(17-19-16-11)12(10)15-8-5-6-18(7-8)9-1-2-9/h3-4,8-9,15H,1-2,5-7H2. The summed E-state index contributed by atoms with van der Waals surface area (Å²) in [5.41, 5.74) is 2.78. The van der Waals surface area contributed by atoms with Crippen LogP contribution in [0.15, 0.2) is 12.1 Å². The lowest BCUT2D eigenvalue weighted by Crippen LogP contribution is -2.27. The molecule has 4 nitrogen and oxygen atoms in total. The molecule has 1 atom stereocenters. The topological polar surface area (TPSA) is 41.1 Å². The van der Waals surface area contributed by atoms with Gasteiger partial charge in [-0.15, -0.1) is 0 Å². The second-order valence-corrected chi connectivity index (χ2v) is 6.35. The number of likely N-dealkylation sites (tertiary alicyclic amines) is 1. The van der Waals surface area contributed by atoms with Crippen LogP contribution < -0.4 is 5.32 Å². The molecule has 0 bridgehead atoms. The maximum Gasteiger partial charge on any atom is 0.129 e. The Balaban J connectivity index is 1.57. The van der Waals surface area contributed by atoms with Crippen LogP contribution in [0.5, 0.6) is 0 Å². The number of hydrogen-bond acceptors (Lipinski definition) is 5. The van der Waals surface area contributed by atoms with Crippen LogP contribution in [0.2, 0.25) is 5.02 Å². The van der Waals surface area contributed by atoms with Crippen molar-refractivity contribution in [2.24, 2.45) is 0 Å². The second kappa shape index (κ2) is 4.58. The van der Waals surface area contributed by atoms with Crippen molar-refractivity contribution in [3.8, 4) is 0 Å². The third-order valence-electron chi connectivity index (χ3n) is 4.01. The Labute approximate surface area is 121 Å². The van der Waals surface area contributed by atoms with Gasteiger partial charge in [0.2, 0.25) is 0 Å². The molecule has 6 heteroatoms. The Kier molecular flexibility index (Phi) is 2.86. The highest BCUT2D eigenvalue weighted by molar-refractivity contribution is 7.00. The molecule has 2 heterocycles. The number of aromatic nitrogens is 2. The van der Waals surface area contributed by atoms with Gasteiger partial charge in [-0.25, -0.2) is 0 Å². The van der Waals surface area contributed by atoms with Gasteiger partial charge in [0.05, 0.1) is 22.4 Å². The molecule has 0 amide bonds. The van der Waals surface area contributed by atoms with Crippen LogP contribution in [0.1, 0.15) is 19.3 Å². The summed E-state index contributed by atoms with van der Waals surface area (Å²) in [5.74, 6) is 0. The minimum absolute atomic E-state index is 0.477. The van der Waals surface area contributed by atoms with E-state index in [9.17, 15) is 0 Å². The Hall–Kier alpha value is -0.910. The first kappa shape index (κ1) is 11.9. The van der Waals surface area contributed by atoms with Crippen molar-refractivity contribution in [1.29, 1.82) is 0 Å². The molecule has 1 unspecified atom stereocenters. The molecule has 1 aromatic heterocycles. The van der Waals surface area contributed by atoms with Crippen molar-refractivity contribution < 1.29 is 0 Å². The lowest BCUT2D eigenvalue weighted by Gasteiger charge is -2.17. The zero-order valence-electron chi connectivity index (χ0n) is 10.5. The number of rotatable bonds is 3. The van der Waals surface area contributed by atoms with E-state index in [0.717, 1.165) is 34.3 Å². The lowest BCUT2D eigenvalue weighted by atomic mass is 10.2. The normalized spacial score (nSPS) is 24.2. The average molecular weight is 295 g/mol. The van der Waals surface area contributed by atoms with Crippen LogP contribution in [0.25, 0.3) is 11.0 Å². The largest absolute Gasteiger partial charge is 0.378 e. The Morgan fingerprint density at radius 3 is 3.00 bits per heavy atom. The van der Waals surface area contributed by atoms with Crippen LogP contribution in [0.3, 0.4) is 0 Å². The van der Waals surface area contributed by atoms with Crippen molar-refractivity contribution in [1.82, 2.24) is 13.6 Å². The highest BCUT2D eigenvalue weighted by atomic mass is 35.5. The van der Waals surface area contributed by atoms with Crippen molar-refractivity contribution in [2.45, 2.75) is 31.3 Å². The molecule has 1 N–H and O–H groups in total. The summed E-state index contributed by atoms with van der Waals surface area (Å²) in [4.78, 5) is 2.59. The van der Waals surface area contributed by atoms with Gasteiger partial charge in [0.15, 0.2) is 0 Å². The van der Waals surface area contributed by atoms with E-state index >= 15 is 0 Å². The van der Waals surface area contributed by atoms with Crippen molar-refractivity contribution in [3.63, 3.8) is 0 Å². The molecular formula is C13H15ClN4S. The fraction of sp³-hybridized carbons (Fsp3) is 0.538. The summed E-state index contributed by atoms with van der Waals surface area (Å²) in [6.45, 7) is 2.32. The van der Waals surface area contributed by atoms with E-state index in [1.807, 2.05) is 12.1 Å². The van der Waals surface area contributed by atoms with Gasteiger partial charge in [-0.2, -0.15) is 8.75 Å². The van der Waals surface area contributed by atoms with E-state index in [1.54, 1.807) is 0 Å². The molecular weight excluding hydrogens is 280 g/mol. The molecule has 1 aliphatic heterocycles. The number of fused-ring (bicyclic) bond motifs is 1. The number of halogens is 1. The molecule has 1 saturated carbocycles. The highest BCUT2D eigenvalue weighted by Gasteiger charge is 2.34. The number of benzene rings is 1. The number of hydrogen-bond donors (Lipinski definition) is 1. The first-order valence-corrected chi connectivity index (χ1v) is 7.83. The van der Waals surface area contributed by atoms with E-state index in [4.69, 9.17) is 11.6 Å². The van der Waals surface area contributed by atoms with Crippen LogP contribution >= 0.6 is 23.3 Å². The predicted molar refractivity (Wildman–Crippen MR) is 79.0 cm³/mol. The minimum atomic E-state index is 0.477. The van der Waals surface area contributed by atoms with E-state index in [-0.39, 0.29) is 0 Å². The number of nitrogens with one attached hydrogen (secondary N) is 1. The first-order chi connectivity index (χ1) is 9.31. The minimum Gasteiger partial charge on any atom is -0.378 e. The Morgan fingerprint density at radius 2 is 2.16 bits per heavy atom. The highest BCUT2D eigenvalue weighted by Crippen LogP contribution is 2.34. The lowest BCUT2D eigenvalue weighted by molar-refractivity contribution is 0.326. The third-order valence-corrected chi connectivity index (χ3v) is 4.87. The van der Waals surface area contributed by atoms with Gasteiger partial charge in [0, 0.05) is 25.2 Å². The SMILES string of the molecule is Clc1ccc2nsnc2c1NC1CCN(C2CC2)C1. The third kappa shape index (κ3) is 2.20. The fourth-order valence-corrected chi connectivity index (χ4v) is 3.59. The molecule has 19 heavy (non-hydrogen) atoms. The zero-order chi connectivity index (χ0) is 12.8. The van der Waals surface area contributed by atoms with Crippen LogP contribution in [0, 0.1) is 0 Å². The van der Waals surface area contributed by atoms with Gasteiger partial charge >= 0.3 is 0 Å². The maximum atomic E-state index is 6.31. The molecule has 2 aliphatic rings. The molecule has 2 aromatic rings. The fourth-order valence-electron chi connectivity index (χ4n) is 2.84. The molecule has 100 valence electrons. The number of nitrogens with zero attached hydrogens (tertiary/aromatic N) is 3. The zero-order valence-corrected chi connectivity index (χ0v) is 12.0. The molecule has 4 rings (SSSR count). The molecule has 2 fully saturated rings.